The average Bonchev–Trinajstić information content (AvgIpc) is 3.22. The summed E-state index contributed by atoms with van der Waals surface area (Å²) in [4.78, 5) is 14.8. The van der Waals surface area contributed by atoms with E-state index in [0.29, 0.717) is 57.3 Å². The number of hydrogen-bond acceptors (Lipinski definition) is 6. The van der Waals surface area contributed by atoms with Crippen LogP contribution in [0, 0.1) is 0 Å². The minimum atomic E-state index is -3.91. The van der Waals surface area contributed by atoms with E-state index < -0.39 is 15.9 Å². The first kappa shape index (κ1) is 24.5. The van der Waals surface area contributed by atoms with Crippen molar-refractivity contribution in [2.24, 2.45) is 0 Å². The molecule has 1 aliphatic rings. The van der Waals surface area contributed by atoms with Crippen molar-refractivity contribution in [2.75, 3.05) is 51.3 Å². The first-order valence-electron chi connectivity index (χ1n) is 10.7. The summed E-state index contributed by atoms with van der Waals surface area (Å²) in [7, 11) is -2.32. The van der Waals surface area contributed by atoms with Gasteiger partial charge < -0.3 is 15.0 Å². The van der Waals surface area contributed by atoms with Crippen LogP contribution in [0.5, 0.6) is 0 Å². The molecule has 11 heteroatoms. The van der Waals surface area contributed by atoms with E-state index in [1.54, 1.807) is 7.11 Å². The van der Waals surface area contributed by atoms with Crippen LogP contribution in [0.3, 0.4) is 0 Å². The lowest BCUT2D eigenvalue weighted by Gasteiger charge is -2.35. The highest BCUT2D eigenvalue weighted by molar-refractivity contribution is 7.89. The molecule has 176 valence electrons. The molecular weight excluding hydrogens is 454 g/mol. The van der Waals surface area contributed by atoms with Crippen LogP contribution in [0.25, 0.3) is 0 Å². The van der Waals surface area contributed by atoms with Gasteiger partial charge in [0.15, 0.2) is 0 Å². The Hall–Kier alpha value is -2.14. The van der Waals surface area contributed by atoms with E-state index in [-0.39, 0.29) is 10.6 Å². The van der Waals surface area contributed by atoms with Gasteiger partial charge in [0.05, 0.1) is 5.56 Å². The van der Waals surface area contributed by atoms with E-state index in [1.165, 1.54) is 15.2 Å². The highest BCUT2D eigenvalue weighted by atomic mass is 35.5. The van der Waals surface area contributed by atoms with E-state index in [1.807, 2.05) is 31.2 Å². The van der Waals surface area contributed by atoms with Gasteiger partial charge in [-0.1, -0.05) is 18.5 Å². The van der Waals surface area contributed by atoms with Crippen LogP contribution in [-0.4, -0.2) is 74.9 Å². The van der Waals surface area contributed by atoms with Crippen LogP contribution in [0.2, 0.25) is 5.02 Å². The van der Waals surface area contributed by atoms with E-state index >= 15 is 0 Å². The van der Waals surface area contributed by atoms with Gasteiger partial charge in [-0.3, -0.25) is 9.48 Å². The number of rotatable bonds is 10. The minimum Gasteiger partial charge on any atom is -0.385 e. The van der Waals surface area contributed by atoms with Crippen LogP contribution in [-0.2, 0) is 21.3 Å². The predicted octanol–water partition coefficient (Wildman–Crippen LogP) is 2.22. The summed E-state index contributed by atoms with van der Waals surface area (Å²) in [5.41, 5.74) is 1.07. The average molecular weight is 484 g/mol. The second-order valence-electron chi connectivity index (χ2n) is 7.58. The molecule has 0 radical (unpaired) electrons. The third-order valence-corrected chi connectivity index (χ3v) is 7.34. The Morgan fingerprint density at radius 3 is 2.50 bits per heavy atom. The zero-order chi connectivity index (χ0) is 23.1. The van der Waals surface area contributed by atoms with E-state index in [2.05, 4.69) is 15.3 Å². The first-order valence-corrected chi connectivity index (χ1v) is 12.5. The van der Waals surface area contributed by atoms with Crippen LogP contribution < -0.4 is 10.2 Å². The normalized spacial score (nSPS) is 15.2. The van der Waals surface area contributed by atoms with Gasteiger partial charge in [0.25, 0.3) is 15.9 Å². The standard InChI is InChI=1S/C21H30ClN5O4S/c1-3-10-26-16-19(20(28)23-9-4-15-31-2)21(24-26)32(29,30)27-13-11-25(12-14-27)18-7-5-17(22)6-8-18/h5-8,16H,3-4,9-15H2,1-2H3,(H,23,28). The smallest absolute Gasteiger partial charge is 0.263 e. The lowest BCUT2D eigenvalue weighted by Crippen LogP contribution is -2.49. The molecule has 9 nitrogen and oxygen atoms in total. The van der Waals surface area contributed by atoms with Crippen molar-refractivity contribution >= 4 is 33.2 Å². The highest BCUT2D eigenvalue weighted by Gasteiger charge is 2.34. The van der Waals surface area contributed by atoms with Crippen molar-refractivity contribution in [2.45, 2.75) is 31.3 Å². The number of aryl methyl sites for hydroxylation is 1. The van der Waals surface area contributed by atoms with Gasteiger partial charge >= 0.3 is 0 Å². The number of methoxy groups -OCH3 is 1. The summed E-state index contributed by atoms with van der Waals surface area (Å²) in [6.07, 6.45) is 2.93. The molecule has 1 aromatic carbocycles. The van der Waals surface area contributed by atoms with Crippen LogP contribution in [0.4, 0.5) is 5.69 Å². The number of nitrogens with zero attached hydrogens (tertiary/aromatic N) is 4. The molecule has 1 aromatic heterocycles. The van der Waals surface area contributed by atoms with Crippen molar-refractivity contribution in [3.63, 3.8) is 0 Å². The van der Waals surface area contributed by atoms with Gasteiger partial charge in [-0.15, -0.1) is 0 Å². The molecule has 0 aliphatic carbocycles. The Bertz CT molecular complexity index is 1000. The summed E-state index contributed by atoms with van der Waals surface area (Å²) in [5, 5.41) is 7.51. The van der Waals surface area contributed by atoms with Gasteiger partial charge in [-0.25, -0.2) is 8.42 Å². The number of carbonyl (C=O) groups excluding carboxylic acids is 1. The van der Waals surface area contributed by atoms with Crippen molar-refractivity contribution < 1.29 is 17.9 Å². The minimum absolute atomic E-state index is 0.0796. The van der Waals surface area contributed by atoms with Gasteiger partial charge in [0, 0.05) is 69.9 Å². The number of ether oxygens (including phenoxy) is 1. The number of piperazine rings is 1. The third kappa shape index (κ3) is 5.80. The predicted molar refractivity (Wildman–Crippen MR) is 124 cm³/mol. The lowest BCUT2D eigenvalue weighted by atomic mass is 10.2. The van der Waals surface area contributed by atoms with E-state index in [9.17, 15) is 13.2 Å². The molecule has 2 heterocycles. The Kier molecular flexibility index (Phi) is 8.52. The molecule has 3 rings (SSSR count). The first-order chi connectivity index (χ1) is 15.4. The number of anilines is 1. The van der Waals surface area contributed by atoms with E-state index in [4.69, 9.17) is 16.3 Å². The van der Waals surface area contributed by atoms with Crippen LogP contribution in [0.1, 0.15) is 30.1 Å². The maximum absolute atomic E-state index is 13.4. The van der Waals surface area contributed by atoms with Gasteiger partial charge in [0.1, 0.15) is 0 Å². The number of aromatic nitrogens is 2. The number of carbonyl (C=O) groups is 1. The molecule has 0 spiro atoms. The summed E-state index contributed by atoms with van der Waals surface area (Å²) in [6, 6.07) is 7.48. The molecule has 1 fully saturated rings. The van der Waals surface area contributed by atoms with Gasteiger partial charge in [0.2, 0.25) is 5.03 Å². The number of hydrogen-bond donors (Lipinski definition) is 1. The monoisotopic (exact) mass is 483 g/mol. The zero-order valence-corrected chi connectivity index (χ0v) is 20.0. The maximum atomic E-state index is 13.4. The molecule has 0 saturated carbocycles. The number of halogens is 1. The molecule has 2 aromatic rings. The van der Waals surface area contributed by atoms with Crippen molar-refractivity contribution in [1.29, 1.82) is 0 Å². The van der Waals surface area contributed by atoms with Crippen molar-refractivity contribution in [1.82, 2.24) is 19.4 Å². The fourth-order valence-corrected chi connectivity index (χ4v) is 5.21. The number of sulfonamides is 1. The second-order valence-corrected chi connectivity index (χ2v) is 9.87. The number of nitrogens with one attached hydrogen (secondary N) is 1. The Balaban J connectivity index is 1.75. The molecule has 1 N–H and O–H groups in total. The fourth-order valence-electron chi connectivity index (χ4n) is 3.57. The molecule has 1 saturated heterocycles. The molecule has 32 heavy (non-hydrogen) atoms. The summed E-state index contributed by atoms with van der Waals surface area (Å²) < 4.78 is 34.7. The van der Waals surface area contributed by atoms with Crippen molar-refractivity contribution in [3.05, 3.63) is 41.0 Å². The van der Waals surface area contributed by atoms with E-state index in [0.717, 1.165) is 12.1 Å². The lowest BCUT2D eigenvalue weighted by molar-refractivity contribution is 0.0945. The molecule has 0 bridgehead atoms. The quantitative estimate of drug-likeness (QED) is 0.520. The summed E-state index contributed by atoms with van der Waals surface area (Å²) >= 11 is 5.96. The number of amides is 1. The molecule has 1 amide bonds. The second kappa shape index (κ2) is 11.1. The topological polar surface area (TPSA) is 96.8 Å². The van der Waals surface area contributed by atoms with Gasteiger partial charge in [-0.05, 0) is 37.1 Å². The summed E-state index contributed by atoms with van der Waals surface area (Å²) in [5.74, 6) is -0.443. The van der Waals surface area contributed by atoms with Crippen molar-refractivity contribution in [3.8, 4) is 0 Å². The SMILES string of the molecule is CCCn1cc(C(=O)NCCCOC)c(S(=O)(=O)N2CCN(c3ccc(Cl)cc3)CC2)n1. The van der Waals surface area contributed by atoms with Crippen LogP contribution >= 0.6 is 11.6 Å². The third-order valence-electron chi connectivity index (χ3n) is 5.25. The Morgan fingerprint density at radius 1 is 1.19 bits per heavy atom. The van der Waals surface area contributed by atoms with Crippen LogP contribution in [0.15, 0.2) is 35.5 Å². The zero-order valence-electron chi connectivity index (χ0n) is 18.5. The Morgan fingerprint density at radius 2 is 1.88 bits per heavy atom. The number of benzene rings is 1. The molecule has 0 atom stereocenters. The Labute approximate surface area is 194 Å². The highest BCUT2D eigenvalue weighted by Crippen LogP contribution is 2.24. The largest absolute Gasteiger partial charge is 0.385 e. The van der Waals surface area contributed by atoms with Gasteiger partial charge in [-0.2, -0.15) is 9.40 Å². The molecule has 0 unspecified atom stereocenters. The molecule has 1 aliphatic heterocycles. The molecular formula is C21H30ClN5O4S. The fraction of sp³-hybridized carbons (Fsp3) is 0.524. The maximum Gasteiger partial charge on any atom is 0.263 e. The summed E-state index contributed by atoms with van der Waals surface area (Å²) in [6.45, 7) is 5.09.